The van der Waals surface area contributed by atoms with Gasteiger partial charge in [-0.25, -0.2) is 4.98 Å². The molecule has 2 N–H and O–H groups in total. The molecule has 3 atom stereocenters. The van der Waals surface area contributed by atoms with Crippen molar-refractivity contribution in [1.29, 1.82) is 0 Å². The molecule has 3 rings (SSSR count). The maximum Gasteiger partial charge on any atom is 0.120 e. The molecule has 2 bridgehead atoms. The number of nitrogens with one attached hydrogen (secondary N) is 2. The molecule has 1 aromatic rings. The van der Waals surface area contributed by atoms with E-state index in [1.165, 1.54) is 19.3 Å². The minimum Gasteiger partial charge on any atom is -0.348 e. The predicted molar refractivity (Wildman–Crippen MR) is 68.4 cm³/mol. The van der Waals surface area contributed by atoms with Crippen LogP contribution in [0.5, 0.6) is 0 Å². The normalized spacial score (nSPS) is 38.8. The Morgan fingerprint density at radius 3 is 2.82 bits per heavy atom. The molecule has 1 heterocycles. The maximum absolute atomic E-state index is 4.28. The van der Waals surface area contributed by atoms with Gasteiger partial charge in [0.25, 0.3) is 0 Å². The SMILES string of the molecule is CC1(C)C2CCC1(C)C(NCc1ncc[nH]1)C2. The van der Waals surface area contributed by atoms with Gasteiger partial charge in [-0.3, -0.25) is 0 Å². The van der Waals surface area contributed by atoms with Gasteiger partial charge in [-0.05, 0) is 36.0 Å². The third-order valence-corrected chi connectivity index (χ3v) is 5.86. The maximum atomic E-state index is 4.28. The fourth-order valence-corrected chi connectivity index (χ4v) is 4.13. The molecular formula is C14H23N3. The highest BCUT2D eigenvalue weighted by molar-refractivity contribution is 5.13. The Hall–Kier alpha value is -0.830. The van der Waals surface area contributed by atoms with Crippen LogP contribution in [0, 0.1) is 16.7 Å². The first-order valence-electron chi connectivity index (χ1n) is 6.76. The molecule has 3 heteroatoms. The van der Waals surface area contributed by atoms with Crippen LogP contribution >= 0.6 is 0 Å². The number of hydrogen-bond acceptors (Lipinski definition) is 2. The summed E-state index contributed by atoms with van der Waals surface area (Å²) in [6, 6.07) is 0.654. The van der Waals surface area contributed by atoms with Gasteiger partial charge in [0, 0.05) is 18.4 Å². The number of hydrogen-bond donors (Lipinski definition) is 2. The summed E-state index contributed by atoms with van der Waals surface area (Å²) in [5.74, 6) is 1.95. The fraction of sp³-hybridized carbons (Fsp3) is 0.786. The van der Waals surface area contributed by atoms with Crippen LogP contribution in [-0.4, -0.2) is 16.0 Å². The van der Waals surface area contributed by atoms with E-state index in [4.69, 9.17) is 0 Å². The number of imidazole rings is 1. The summed E-state index contributed by atoms with van der Waals surface area (Å²) in [6.07, 6.45) is 7.85. The van der Waals surface area contributed by atoms with E-state index >= 15 is 0 Å². The third kappa shape index (κ3) is 1.48. The van der Waals surface area contributed by atoms with Gasteiger partial charge in [-0.15, -0.1) is 0 Å². The summed E-state index contributed by atoms with van der Waals surface area (Å²) < 4.78 is 0. The van der Waals surface area contributed by atoms with Crippen molar-refractivity contribution >= 4 is 0 Å². The van der Waals surface area contributed by atoms with Crippen molar-refractivity contribution in [1.82, 2.24) is 15.3 Å². The summed E-state index contributed by atoms with van der Waals surface area (Å²) in [7, 11) is 0. The van der Waals surface area contributed by atoms with Crippen molar-refractivity contribution < 1.29 is 0 Å². The predicted octanol–water partition coefficient (Wildman–Crippen LogP) is 2.71. The Labute approximate surface area is 103 Å². The minimum atomic E-state index is 0.463. The second kappa shape index (κ2) is 3.58. The van der Waals surface area contributed by atoms with Crippen molar-refractivity contribution in [3.05, 3.63) is 18.2 Å². The van der Waals surface area contributed by atoms with Crippen molar-refractivity contribution in [2.75, 3.05) is 0 Å². The van der Waals surface area contributed by atoms with Gasteiger partial charge in [-0.1, -0.05) is 20.8 Å². The van der Waals surface area contributed by atoms with E-state index in [-0.39, 0.29) is 0 Å². The van der Waals surface area contributed by atoms with Crippen LogP contribution in [0.15, 0.2) is 12.4 Å². The summed E-state index contributed by atoms with van der Waals surface area (Å²) in [4.78, 5) is 7.45. The molecule has 1 aromatic heterocycles. The molecule has 0 amide bonds. The molecule has 17 heavy (non-hydrogen) atoms. The average Bonchev–Trinajstić information content (AvgIpc) is 2.91. The number of H-pyrrole nitrogens is 1. The van der Waals surface area contributed by atoms with Crippen LogP contribution in [0.2, 0.25) is 0 Å². The van der Waals surface area contributed by atoms with Crippen molar-refractivity contribution in [3.63, 3.8) is 0 Å². The summed E-state index contributed by atoms with van der Waals surface area (Å²) in [6.45, 7) is 8.26. The zero-order chi connectivity index (χ0) is 12.1. The van der Waals surface area contributed by atoms with E-state index in [9.17, 15) is 0 Å². The quantitative estimate of drug-likeness (QED) is 0.842. The zero-order valence-corrected chi connectivity index (χ0v) is 11.1. The zero-order valence-electron chi connectivity index (χ0n) is 11.1. The Balaban J connectivity index is 1.70. The van der Waals surface area contributed by atoms with Crippen LogP contribution in [-0.2, 0) is 6.54 Å². The van der Waals surface area contributed by atoms with E-state index in [0.29, 0.717) is 16.9 Å². The van der Waals surface area contributed by atoms with E-state index < -0.39 is 0 Å². The molecule has 2 aliphatic carbocycles. The van der Waals surface area contributed by atoms with Crippen LogP contribution < -0.4 is 5.32 Å². The van der Waals surface area contributed by atoms with Crippen molar-refractivity contribution in [2.24, 2.45) is 16.7 Å². The largest absolute Gasteiger partial charge is 0.348 e. The molecule has 2 saturated carbocycles. The molecule has 0 saturated heterocycles. The van der Waals surface area contributed by atoms with E-state index in [1.54, 1.807) is 0 Å². The topological polar surface area (TPSA) is 40.7 Å². The van der Waals surface area contributed by atoms with Crippen LogP contribution in [0.4, 0.5) is 0 Å². The highest BCUT2D eigenvalue weighted by atomic mass is 15.0. The Bertz CT molecular complexity index is 396. The number of rotatable bonds is 3. The Kier molecular flexibility index (Phi) is 2.37. The lowest BCUT2D eigenvalue weighted by Gasteiger charge is -2.39. The molecular weight excluding hydrogens is 210 g/mol. The molecule has 2 aliphatic rings. The lowest BCUT2D eigenvalue weighted by atomic mass is 9.69. The van der Waals surface area contributed by atoms with E-state index in [0.717, 1.165) is 18.3 Å². The van der Waals surface area contributed by atoms with Gasteiger partial charge in [0.1, 0.15) is 5.82 Å². The monoisotopic (exact) mass is 233 g/mol. The number of fused-ring (bicyclic) bond motifs is 2. The molecule has 0 aromatic carbocycles. The molecule has 0 aliphatic heterocycles. The van der Waals surface area contributed by atoms with Gasteiger partial charge in [0.05, 0.1) is 6.54 Å². The average molecular weight is 233 g/mol. The number of nitrogens with zero attached hydrogens (tertiary/aromatic N) is 1. The molecule has 3 unspecified atom stereocenters. The van der Waals surface area contributed by atoms with E-state index in [1.807, 2.05) is 12.4 Å². The van der Waals surface area contributed by atoms with Crippen LogP contribution in [0.3, 0.4) is 0 Å². The van der Waals surface area contributed by atoms with E-state index in [2.05, 4.69) is 36.1 Å². The highest BCUT2D eigenvalue weighted by Crippen LogP contribution is 2.65. The second-order valence-corrected chi connectivity index (χ2v) is 6.58. The summed E-state index contributed by atoms with van der Waals surface area (Å²) in [5, 5.41) is 3.72. The van der Waals surface area contributed by atoms with Gasteiger partial charge in [-0.2, -0.15) is 0 Å². The number of aromatic amines is 1. The first kappa shape index (κ1) is 11.3. The van der Waals surface area contributed by atoms with Crippen LogP contribution in [0.1, 0.15) is 45.9 Å². The third-order valence-electron chi connectivity index (χ3n) is 5.86. The molecule has 2 fully saturated rings. The second-order valence-electron chi connectivity index (χ2n) is 6.58. The summed E-state index contributed by atoms with van der Waals surface area (Å²) >= 11 is 0. The van der Waals surface area contributed by atoms with Gasteiger partial charge >= 0.3 is 0 Å². The lowest BCUT2D eigenvalue weighted by Crippen LogP contribution is -2.44. The summed E-state index contributed by atoms with van der Waals surface area (Å²) in [5.41, 5.74) is 0.956. The minimum absolute atomic E-state index is 0.463. The Morgan fingerprint density at radius 1 is 1.47 bits per heavy atom. The lowest BCUT2D eigenvalue weighted by molar-refractivity contribution is 0.120. The van der Waals surface area contributed by atoms with Gasteiger partial charge in [0.15, 0.2) is 0 Å². The molecule has 94 valence electrons. The smallest absolute Gasteiger partial charge is 0.120 e. The van der Waals surface area contributed by atoms with Crippen molar-refractivity contribution in [2.45, 2.75) is 52.6 Å². The van der Waals surface area contributed by atoms with Crippen LogP contribution in [0.25, 0.3) is 0 Å². The highest BCUT2D eigenvalue weighted by Gasteiger charge is 2.60. The molecule has 0 radical (unpaired) electrons. The number of aromatic nitrogens is 2. The van der Waals surface area contributed by atoms with Gasteiger partial charge < -0.3 is 10.3 Å². The first-order chi connectivity index (χ1) is 8.04. The first-order valence-corrected chi connectivity index (χ1v) is 6.76. The fourth-order valence-electron chi connectivity index (χ4n) is 4.13. The standard InChI is InChI=1S/C14H23N3/c1-13(2)10-4-5-14(13,3)11(8-10)17-9-12-15-6-7-16-12/h6-7,10-11,17H,4-5,8-9H2,1-3H3,(H,15,16). The molecule has 3 nitrogen and oxygen atoms in total. The van der Waals surface area contributed by atoms with Gasteiger partial charge in [0.2, 0.25) is 0 Å². The van der Waals surface area contributed by atoms with Crippen molar-refractivity contribution in [3.8, 4) is 0 Å². The molecule has 0 spiro atoms. The Morgan fingerprint density at radius 2 is 2.29 bits per heavy atom.